The molecule has 1 N–H and O–H groups in total. The number of carbonyl (C=O) groups is 3. The smallest absolute Gasteiger partial charge is 0.345 e. The quantitative estimate of drug-likeness (QED) is 0.166. The Bertz CT molecular complexity index is 738. The Balaban J connectivity index is 2.32. The molecule has 11 nitrogen and oxygen atoms in total. The van der Waals surface area contributed by atoms with E-state index in [2.05, 4.69) is 10.0 Å². The molecule has 1 aromatic carbocycles. The van der Waals surface area contributed by atoms with Gasteiger partial charge in [-0.15, -0.1) is 0 Å². The fourth-order valence-electron chi connectivity index (χ4n) is 1.78. The Morgan fingerprint density at radius 3 is 2.77 bits per heavy atom. The molecule has 1 unspecified atom stereocenters. The summed E-state index contributed by atoms with van der Waals surface area (Å²) in [5.74, 6) is -2.58. The van der Waals surface area contributed by atoms with E-state index in [1.54, 1.807) is 0 Å². The Kier molecular flexibility index (Phi) is 4.00. The van der Waals surface area contributed by atoms with E-state index < -0.39 is 40.1 Å². The first-order chi connectivity index (χ1) is 10.4. The van der Waals surface area contributed by atoms with Crippen LogP contribution in [0.15, 0.2) is 23.3 Å². The summed E-state index contributed by atoms with van der Waals surface area (Å²) in [5.41, 5.74) is 7.24. The first-order valence-corrected chi connectivity index (χ1v) is 5.80. The number of benzene rings is 1. The molecule has 22 heavy (non-hydrogen) atoms. The molecule has 0 aliphatic carbocycles. The van der Waals surface area contributed by atoms with Crippen LogP contribution in [0.1, 0.15) is 16.8 Å². The maximum atomic E-state index is 12.0. The van der Waals surface area contributed by atoms with E-state index >= 15 is 0 Å². The highest BCUT2D eigenvalue weighted by molar-refractivity contribution is 6.06. The van der Waals surface area contributed by atoms with Crippen molar-refractivity contribution in [3.05, 3.63) is 44.3 Å². The van der Waals surface area contributed by atoms with E-state index in [-0.39, 0.29) is 12.1 Å². The standard InChI is InChI=1S/C11H7N5O6/c12-15-14-5-1-2-7(16(20)21)6(3-5)11(19)22-8-4-9(17)13-10(8)18/h1-3,8H,4H2,(H,13,17,18). The molecule has 1 heterocycles. The van der Waals surface area contributed by atoms with Crippen molar-refractivity contribution in [1.82, 2.24) is 5.32 Å². The average Bonchev–Trinajstić information content (AvgIpc) is 2.76. The summed E-state index contributed by atoms with van der Waals surface area (Å²) in [7, 11) is 0. The molecule has 11 heteroatoms. The third-order valence-corrected chi connectivity index (χ3v) is 2.73. The number of hydrogen-bond donors (Lipinski definition) is 1. The van der Waals surface area contributed by atoms with Crippen LogP contribution in [0, 0.1) is 10.1 Å². The Hall–Kier alpha value is -3.46. The zero-order valence-electron chi connectivity index (χ0n) is 10.8. The van der Waals surface area contributed by atoms with Crippen LogP contribution < -0.4 is 5.32 Å². The molecule has 1 fully saturated rings. The van der Waals surface area contributed by atoms with Gasteiger partial charge in [-0.2, -0.15) is 0 Å². The second-order valence-corrected chi connectivity index (χ2v) is 4.16. The summed E-state index contributed by atoms with van der Waals surface area (Å²) in [6, 6.07) is 3.09. The zero-order valence-corrected chi connectivity index (χ0v) is 10.8. The fraction of sp³-hybridized carbons (Fsp3) is 0.182. The molecule has 112 valence electrons. The first-order valence-electron chi connectivity index (χ1n) is 5.80. The van der Waals surface area contributed by atoms with Crippen LogP contribution in [0.3, 0.4) is 0 Å². The normalized spacial score (nSPS) is 16.6. The van der Waals surface area contributed by atoms with Gasteiger partial charge in [-0.05, 0) is 17.7 Å². The van der Waals surface area contributed by atoms with Crippen molar-refractivity contribution in [2.45, 2.75) is 12.5 Å². The van der Waals surface area contributed by atoms with E-state index in [1.807, 2.05) is 5.32 Å². The molecular weight excluding hydrogens is 298 g/mol. The first kappa shape index (κ1) is 14.9. The zero-order chi connectivity index (χ0) is 16.3. The second-order valence-electron chi connectivity index (χ2n) is 4.16. The van der Waals surface area contributed by atoms with Crippen LogP contribution in [0.25, 0.3) is 10.4 Å². The Labute approximate surface area is 121 Å². The Morgan fingerprint density at radius 2 is 2.23 bits per heavy atom. The lowest BCUT2D eigenvalue weighted by atomic mass is 10.1. The molecule has 1 aliphatic heterocycles. The fourth-order valence-corrected chi connectivity index (χ4v) is 1.78. The summed E-state index contributed by atoms with van der Waals surface area (Å²) < 4.78 is 4.79. The number of azide groups is 1. The van der Waals surface area contributed by atoms with Gasteiger partial charge in [0.25, 0.3) is 11.6 Å². The van der Waals surface area contributed by atoms with Crippen LogP contribution in [0.5, 0.6) is 0 Å². The van der Waals surface area contributed by atoms with Gasteiger partial charge in [-0.25, -0.2) is 4.79 Å². The summed E-state index contributed by atoms with van der Waals surface area (Å²) in [6.45, 7) is 0. The van der Waals surface area contributed by atoms with Gasteiger partial charge in [0.15, 0.2) is 6.10 Å². The lowest BCUT2D eigenvalue weighted by molar-refractivity contribution is -0.385. The number of nitrogens with one attached hydrogen (secondary N) is 1. The summed E-state index contributed by atoms with van der Waals surface area (Å²) in [6.07, 6.45) is -1.70. The van der Waals surface area contributed by atoms with Crippen molar-refractivity contribution in [1.29, 1.82) is 0 Å². The highest BCUT2D eigenvalue weighted by Crippen LogP contribution is 2.26. The molecule has 1 aliphatic rings. The number of esters is 1. The van der Waals surface area contributed by atoms with E-state index in [0.717, 1.165) is 18.2 Å². The monoisotopic (exact) mass is 305 g/mol. The summed E-state index contributed by atoms with van der Waals surface area (Å²) in [5, 5.41) is 16.1. The lowest BCUT2D eigenvalue weighted by Crippen LogP contribution is -2.28. The number of hydrogen-bond acceptors (Lipinski definition) is 7. The number of nitro groups is 1. The molecule has 0 spiro atoms. The van der Waals surface area contributed by atoms with E-state index in [0.29, 0.717) is 0 Å². The van der Waals surface area contributed by atoms with Gasteiger partial charge in [0.1, 0.15) is 5.56 Å². The van der Waals surface area contributed by atoms with Crippen LogP contribution >= 0.6 is 0 Å². The number of nitrogens with zero attached hydrogens (tertiary/aromatic N) is 4. The number of nitro benzene ring substituents is 1. The van der Waals surface area contributed by atoms with Gasteiger partial charge >= 0.3 is 5.97 Å². The van der Waals surface area contributed by atoms with Gasteiger partial charge in [0.2, 0.25) is 5.91 Å². The van der Waals surface area contributed by atoms with Crippen molar-refractivity contribution in [3.8, 4) is 0 Å². The van der Waals surface area contributed by atoms with Crippen molar-refractivity contribution in [2.24, 2.45) is 5.11 Å². The predicted octanol–water partition coefficient (Wildman–Crippen LogP) is 1.11. The molecule has 0 aromatic heterocycles. The number of imide groups is 1. The van der Waals surface area contributed by atoms with Crippen LogP contribution in [-0.2, 0) is 14.3 Å². The summed E-state index contributed by atoms with van der Waals surface area (Å²) >= 11 is 0. The molecule has 0 saturated carbocycles. The minimum atomic E-state index is -1.34. The minimum absolute atomic E-state index is 0.0352. The third kappa shape index (κ3) is 2.99. The number of carbonyl (C=O) groups excluding carboxylic acids is 3. The third-order valence-electron chi connectivity index (χ3n) is 2.73. The minimum Gasteiger partial charge on any atom is -0.448 e. The highest BCUT2D eigenvalue weighted by Gasteiger charge is 2.35. The average molecular weight is 305 g/mol. The van der Waals surface area contributed by atoms with Crippen molar-refractivity contribution >= 4 is 29.2 Å². The maximum absolute atomic E-state index is 12.0. The van der Waals surface area contributed by atoms with E-state index in [9.17, 15) is 24.5 Å². The van der Waals surface area contributed by atoms with Gasteiger partial charge in [-0.3, -0.25) is 25.0 Å². The van der Waals surface area contributed by atoms with Gasteiger partial charge < -0.3 is 4.74 Å². The topological polar surface area (TPSA) is 164 Å². The molecule has 1 atom stereocenters. The predicted molar refractivity (Wildman–Crippen MR) is 68.9 cm³/mol. The largest absolute Gasteiger partial charge is 0.448 e. The van der Waals surface area contributed by atoms with Crippen LogP contribution in [0.4, 0.5) is 11.4 Å². The van der Waals surface area contributed by atoms with E-state index in [1.165, 1.54) is 0 Å². The molecule has 1 aromatic rings. The number of ether oxygens (including phenoxy) is 1. The van der Waals surface area contributed by atoms with E-state index in [4.69, 9.17) is 10.3 Å². The SMILES string of the molecule is [N-]=[N+]=Nc1ccc([N+](=O)[O-])c(C(=O)OC2CC(=O)NC2=O)c1. The molecule has 2 rings (SSSR count). The Morgan fingerprint density at radius 1 is 1.50 bits per heavy atom. The molecule has 1 saturated heterocycles. The highest BCUT2D eigenvalue weighted by atomic mass is 16.6. The maximum Gasteiger partial charge on any atom is 0.345 e. The molecular formula is C11H7N5O6. The lowest BCUT2D eigenvalue weighted by Gasteiger charge is -2.09. The van der Waals surface area contributed by atoms with Crippen molar-refractivity contribution in [2.75, 3.05) is 0 Å². The van der Waals surface area contributed by atoms with Gasteiger partial charge in [0, 0.05) is 16.7 Å². The van der Waals surface area contributed by atoms with Crippen LogP contribution in [0.2, 0.25) is 0 Å². The second kappa shape index (κ2) is 5.89. The van der Waals surface area contributed by atoms with Crippen molar-refractivity contribution < 1.29 is 24.0 Å². The molecule has 0 bridgehead atoms. The summed E-state index contributed by atoms with van der Waals surface area (Å²) in [4.78, 5) is 46.9. The molecule has 0 radical (unpaired) electrons. The number of amides is 2. The molecule has 2 amide bonds. The van der Waals surface area contributed by atoms with Crippen molar-refractivity contribution in [3.63, 3.8) is 0 Å². The van der Waals surface area contributed by atoms with Gasteiger partial charge in [0.05, 0.1) is 11.3 Å². The van der Waals surface area contributed by atoms with Crippen LogP contribution in [-0.4, -0.2) is 28.8 Å². The van der Waals surface area contributed by atoms with Gasteiger partial charge in [-0.1, -0.05) is 5.11 Å². The number of rotatable bonds is 4.